The molecule has 0 aliphatic rings. The highest BCUT2D eigenvalue weighted by Gasteiger charge is 2.03. The second kappa shape index (κ2) is 9.94. The number of hydrogen-bond acceptors (Lipinski definition) is 3. The molecular formula is C16H23NO4. The van der Waals surface area contributed by atoms with Crippen LogP contribution in [-0.4, -0.2) is 23.6 Å². The van der Waals surface area contributed by atoms with Crippen LogP contribution in [0.25, 0.3) is 0 Å². The molecule has 0 aliphatic heterocycles. The second-order valence-electron chi connectivity index (χ2n) is 4.83. The number of carboxylic acids is 1. The first-order chi connectivity index (χ1) is 10.1. The topological polar surface area (TPSA) is 75.6 Å². The van der Waals surface area contributed by atoms with Crippen LogP contribution in [-0.2, 0) is 27.5 Å². The van der Waals surface area contributed by atoms with Crippen molar-refractivity contribution in [2.75, 3.05) is 6.61 Å². The molecule has 0 fully saturated rings. The lowest BCUT2D eigenvalue weighted by atomic mass is 10.1. The molecule has 21 heavy (non-hydrogen) atoms. The summed E-state index contributed by atoms with van der Waals surface area (Å²) in [7, 11) is 0. The summed E-state index contributed by atoms with van der Waals surface area (Å²) >= 11 is 0. The molecule has 5 nitrogen and oxygen atoms in total. The van der Waals surface area contributed by atoms with E-state index >= 15 is 0 Å². The summed E-state index contributed by atoms with van der Waals surface area (Å²) in [5.74, 6) is -0.860. The fraction of sp³-hybridized carbons (Fsp3) is 0.500. The third-order valence-electron chi connectivity index (χ3n) is 3.03. The van der Waals surface area contributed by atoms with Gasteiger partial charge >= 0.3 is 5.97 Å². The SMILES string of the molecule is CCOCc1ccc(CNC(=O)CCCCC(=O)O)cc1. The van der Waals surface area contributed by atoms with Crippen molar-refractivity contribution in [3.05, 3.63) is 35.4 Å². The van der Waals surface area contributed by atoms with Crippen molar-refractivity contribution in [2.24, 2.45) is 0 Å². The highest BCUT2D eigenvalue weighted by atomic mass is 16.5. The van der Waals surface area contributed by atoms with E-state index in [0.717, 1.165) is 11.1 Å². The first-order valence-corrected chi connectivity index (χ1v) is 7.26. The summed E-state index contributed by atoms with van der Waals surface area (Å²) in [5.41, 5.74) is 2.15. The van der Waals surface area contributed by atoms with E-state index in [1.54, 1.807) is 0 Å². The molecule has 0 aromatic heterocycles. The zero-order chi connectivity index (χ0) is 15.5. The summed E-state index contributed by atoms with van der Waals surface area (Å²) in [4.78, 5) is 21.9. The molecule has 1 amide bonds. The average Bonchev–Trinajstić information content (AvgIpc) is 2.48. The van der Waals surface area contributed by atoms with Gasteiger partial charge in [-0.05, 0) is 30.9 Å². The standard InChI is InChI=1S/C16H23NO4/c1-2-21-12-14-9-7-13(8-10-14)11-17-15(18)5-3-4-6-16(19)20/h7-10H,2-6,11-12H2,1H3,(H,17,18)(H,19,20). The summed E-state index contributed by atoms with van der Waals surface area (Å²) in [6.07, 6.45) is 1.63. The van der Waals surface area contributed by atoms with Gasteiger partial charge in [-0.3, -0.25) is 9.59 Å². The number of unbranched alkanes of at least 4 members (excludes halogenated alkanes) is 1. The lowest BCUT2D eigenvalue weighted by molar-refractivity contribution is -0.137. The van der Waals surface area contributed by atoms with Crippen LogP contribution in [0.2, 0.25) is 0 Å². The van der Waals surface area contributed by atoms with Crippen LogP contribution in [0, 0.1) is 0 Å². The fourth-order valence-corrected chi connectivity index (χ4v) is 1.82. The second-order valence-corrected chi connectivity index (χ2v) is 4.83. The van der Waals surface area contributed by atoms with Crippen molar-refractivity contribution < 1.29 is 19.4 Å². The minimum atomic E-state index is -0.817. The van der Waals surface area contributed by atoms with Crippen LogP contribution in [0.15, 0.2) is 24.3 Å². The predicted octanol–water partition coefficient (Wildman–Crippen LogP) is 2.48. The Morgan fingerprint density at radius 3 is 2.33 bits per heavy atom. The number of carbonyl (C=O) groups is 2. The van der Waals surface area contributed by atoms with E-state index in [2.05, 4.69) is 5.32 Å². The molecule has 2 N–H and O–H groups in total. The number of nitrogens with one attached hydrogen (secondary N) is 1. The molecule has 0 unspecified atom stereocenters. The van der Waals surface area contributed by atoms with Gasteiger partial charge in [-0.25, -0.2) is 0 Å². The Labute approximate surface area is 125 Å². The Hall–Kier alpha value is -1.88. The number of amides is 1. The van der Waals surface area contributed by atoms with E-state index in [-0.39, 0.29) is 12.3 Å². The zero-order valence-corrected chi connectivity index (χ0v) is 12.4. The Balaban J connectivity index is 2.21. The number of ether oxygens (including phenoxy) is 1. The summed E-state index contributed by atoms with van der Waals surface area (Å²) in [5, 5.41) is 11.3. The van der Waals surface area contributed by atoms with Crippen molar-refractivity contribution in [2.45, 2.75) is 45.8 Å². The molecule has 0 heterocycles. The van der Waals surface area contributed by atoms with E-state index in [9.17, 15) is 9.59 Å². The Morgan fingerprint density at radius 2 is 1.71 bits per heavy atom. The molecule has 0 bridgehead atoms. The molecule has 116 valence electrons. The van der Waals surface area contributed by atoms with Gasteiger partial charge in [0.25, 0.3) is 0 Å². The van der Waals surface area contributed by atoms with Crippen LogP contribution < -0.4 is 5.32 Å². The van der Waals surface area contributed by atoms with Crippen molar-refractivity contribution in [3.63, 3.8) is 0 Å². The smallest absolute Gasteiger partial charge is 0.303 e. The summed E-state index contributed by atoms with van der Waals surface area (Å²) in [6.45, 7) is 3.75. The van der Waals surface area contributed by atoms with Gasteiger partial charge in [0.15, 0.2) is 0 Å². The minimum Gasteiger partial charge on any atom is -0.481 e. The maximum absolute atomic E-state index is 11.6. The van der Waals surface area contributed by atoms with Crippen LogP contribution in [0.5, 0.6) is 0 Å². The molecule has 1 aromatic rings. The molecule has 0 radical (unpaired) electrons. The molecular weight excluding hydrogens is 270 g/mol. The maximum Gasteiger partial charge on any atom is 0.303 e. The van der Waals surface area contributed by atoms with Crippen molar-refractivity contribution in [3.8, 4) is 0 Å². The van der Waals surface area contributed by atoms with Gasteiger partial charge in [0.1, 0.15) is 0 Å². The average molecular weight is 293 g/mol. The molecule has 1 aromatic carbocycles. The van der Waals surface area contributed by atoms with E-state index in [1.807, 2.05) is 31.2 Å². The van der Waals surface area contributed by atoms with E-state index in [4.69, 9.17) is 9.84 Å². The normalized spacial score (nSPS) is 10.3. The van der Waals surface area contributed by atoms with Gasteiger partial charge in [-0.2, -0.15) is 0 Å². The monoisotopic (exact) mass is 293 g/mol. The van der Waals surface area contributed by atoms with E-state index in [0.29, 0.717) is 39.0 Å². The quantitative estimate of drug-likeness (QED) is 0.650. The van der Waals surface area contributed by atoms with Gasteiger partial charge in [0, 0.05) is 26.0 Å². The molecule has 5 heteroatoms. The number of carbonyl (C=O) groups excluding carboxylic acids is 1. The lowest BCUT2D eigenvalue weighted by Gasteiger charge is -2.06. The zero-order valence-electron chi connectivity index (χ0n) is 12.4. The Morgan fingerprint density at radius 1 is 1.10 bits per heavy atom. The van der Waals surface area contributed by atoms with Crippen molar-refractivity contribution in [1.29, 1.82) is 0 Å². The molecule has 1 rings (SSSR count). The van der Waals surface area contributed by atoms with Crippen LogP contribution in [0.1, 0.15) is 43.7 Å². The van der Waals surface area contributed by atoms with Gasteiger partial charge < -0.3 is 15.2 Å². The largest absolute Gasteiger partial charge is 0.481 e. The number of benzene rings is 1. The van der Waals surface area contributed by atoms with Gasteiger partial charge in [0.05, 0.1) is 6.61 Å². The third-order valence-corrected chi connectivity index (χ3v) is 3.03. The highest BCUT2D eigenvalue weighted by Crippen LogP contribution is 2.06. The molecule has 0 atom stereocenters. The van der Waals surface area contributed by atoms with Crippen molar-refractivity contribution in [1.82, 2.24) is 5.32 Å². The Kier molecular flexibility index (Phi) is 8.12. The summed E-state index contributed by atoms with van der Waals surface area (Å²) < 4.78 is 5.32. The molecule has 0 saturated carbocycles. The molecule has 0 saturated heterocycles. The van der Waals surface area contributed by atoms with Gasteiger partial charge in [-0.1, -0.05) is 24.3 Å². The van der Waals surface area contributed by atoms with Gasteiger partial charge in [-0.15, -0.1) is 0 Å². The number of hydrogen-bond donors (Lipinski definition) is 2. The van der Waals surface area contributed by atoms with Crippen molar-refractivity contribution >= 4 is 11.9 Å². The molecule has 0 spiro atoms. The fourth-order valence-electron chi connectivity index (χ4n) is 1.82. The first-order valence-electron chi connectivity index (χ1n) is 7.26. The van der Waals surface area contributed by atoms with Crippen LogP contribution in [0.4, 0.5) is 0 Å². The summed E-state index contributed by atoms with van der Waals surface area (Å²) in [6, 6.07) is 7.92. The lowest BCUT2D eigenvalue weighted by Crippen LogP contribution is -2.22. The van der Waals surface area contributed by atoms with Crippen LogP contribution in [0.3, 0.4) is 0 Å². The van der Waals surface area contributed by atoms with E-state index < -0.39 is 5.97 Å². The highest BCUT2D eigenvalue weighted by molar-refractivity contribution is 5.75. The maximum atomic E-state index is 11.6. The third kappa shape index (κ3) is 8.09. The first kappa shape index (κ1) is 17.2. The number of rotatable bonds is 10. The molecule has 0 aliphatic carbocycles. The Bertz CT molecular complexity index is 442. The number of carboxylic acid groups (broad SMARTS) is 1. The van der Waals surface area contributed by atoms with Crippen LogP contribution >= 0.6 is 0 Å². The van der Waals surface area contributed by atoms with E-state index in [1.165, 1.54) is 0 Å². The number of aliphatic carboxylic acids is 1. The predicted molar refractivity (Wildman–Crippen MR) is 79.7 cm³/mol. The van der Waals surface area contributed by atoms with Gasteiger partial charge in [0.2, 0.25) is 5.91 Å². The minimum absolute atomic E-state index is 0.0428.